The average Bonchev–Trinajstić information content (AvgIpc) is 2.67. The van der Waals surface area contributed by atoms with Crippen molar-refractivity contribution in [2.45, 2.75) is 32.5 Å². The Labute approximate surface area is 144 Å². The van der Waals surface area contributed by atoms with Gasteiger partial charge in [-0.2, -0.15) is 0 Å². The van der Waals surface area contributed by atoms with Crippen LogP contribution in [-0.4, -0.2) is 6.10 Å². The van der Waals surface area contributed by atoms with E-state index in [2.05, 4.69) is 85.8 Å². The Morgan fingerprint density at radius 2 is 1.25 bits per heavy atom. The molecule has 1 heteroatoms. The van der Waals surface area contributed by atoms with Crippen molar-refractivity contribution in [2.24, 2.45) is 0 Å². The molecule has 0 aliphatic heterocycles. The van der Waals surface area contributed by atoms with E-state index in [4.69, 9.17) is 4.74 Å². The summed E-state index contributed by atoms with van der Waals surface area (Å²) >= 11 is 0. The minimum Gasteiger partial charge on any atom is -0.374 e. The molecule has 1 unspecified atom stereocenters. The summed E-state index contributed by atoms with van der Waals surface area (Å²) in [6, 6.07) is 29.7. The van der Waals surface area contributed by atoms with Gasteiger partial charge in [-0.15, -0.1) is 0 Å². The number of hydrogen-bond acceptors (Lipinski definition) is 1. The summed E-state index contributed by atoms with van der Waals surface area (Å²) in [6.07, 6.45) is 2.38. The van der Waals surface area contributed by atoms with Gasteiger partial charge in [0.25, 0.3) is 0 Å². The fraction of sp³-hybridized carbons (Fsp3) is 0.217. The first-order valence-corrected chi connectivity index (χ1v) is 8.61. The van der Waals surface area contributed by atoms with E-state index < -0.39 is 0 Å². The second kappa shape index (κ2) is 8.47. The molecule has 3 aromatic rings. The maximum Gasteiger partial charge on any atom is 0.0720 e. The Morgan fingerprint density at radius 1 is 0.667 bits per heavy atom. The van der Waals surface area contributed by atoms with Gasteiger partial charge >= 0.3 is 0 Å². The molecule has 1 atom stereocenters. The zero-order valence-electron chi connectivity index (χ0n) is 14.2. The van der Waals surface area contributed by atoms with E-state index in [0.29, 0.717) is 6.61 Å². The molecule has 0 amide bonds. The molecule has 24 heavy (non-hydrogen) atoms. The Kier molecular flexibility index (Phi) is 5.81. The predicted octanol–water partition coefficient (Wildman–Crippen LogP) is 5.89. The van der Waals surface area contributed by atoms with Crippen LogP contribution in [0.5, 0.6) is 0 Å². The number of aryl methyl sites for hydroxylation is 1. The highest BCUT2D eigenvalue weighted by Gasteiger charge is 2.04. The van der Waals surface area contributed by atoms with Gasteiger partial charge in [0.2, 0.25) is 0 Å². The summed E-state index contributed by atoms with van der Waals surface area (Å²) in [5, 5.41) is 0. The minimum absolute atomic E-state index is 0.263. The van der Waals surface area contributed by atoms with Gasteiger partial charge in [0.1, 0.15) is 0 Å². The second-order valence-corrected chi connectivity index (χ2v) is 6.21. The summed E-state index contributed by atoms with van der Waals surface area (Å²) < 4.78 is 6.00. The van der Waals surface area contributed by atoms with Crippen LogP contribution in [-0.2, 0) is 17.8 Å². The first-order valence-electron chi connectivity index (χ1n) is 8.61. The first-order chi connectivity index (χ1) is 11.8. The lowest BCUT2D eigenvalue weighted by Gasteiger charge is -2.13. The summed E-state index contributed by atoms with van der Waals surface area (Å²) in [5.41, 5.74) is 5.10. The zero-order valence-corrected chi connectivity index (χ0v) is 14.2. The maximum absolute atomic E-state index is 6.00. The first kappa shape index (κ1) is 16.5. The monoisotopic (exact) mass is 316 g/mol. The Balaban J connectivity index is 1.48. The molecular weight excluding hydrogens is 292 g/mol. The quantitative estimate of drug-likeness (QED) is 0.528. The number of benzene rings is 3. The van der Waals surface area contributed by atoms with Crippen molar-refractivity contribution in [1.29, 1.82) is 0 Å². The van der Waals surface area contributed by atoms with Gasteiger partial charge < -0.3 is 4.74 Å². The van der Waals surface area contributed by atoms with Crippen molar-refractivity contribution in [3.8, 4) is 11.1 Å². The van der Waals surface area contributed by atoms with E-state index in [9.17, 15) is 0 Å². The van der Waals surface area contributed by atoms with Crippen LogP contribution < -0.4 is 0 Å². The molecule has 0 bridgehead atoms. The molecule has 0 saturated heterocycles. The smallest absolute Gasteiger partial charge is 0.0720 e. The van der Waals surface area contributed by atoms with Gasteiger partial charge in [-0.3, -0.25) is 0 Å². The lowest BCUT2D eigenvalue weighted by molar-refractivity contribution is 0.0478. The van der Waals surface area contributed by atoms with Gasteiger partial charge in [-0.05, 0) is 42.0 Å². The third-order valence-corrected chi connectivity index (χ3v) is 4.28. The molecule has 0 N–H and O–H groups in total. The lowest BCUT2D eigenvalue weighted by Crippen LogP contribution is -2.09. The van der Waals surface area contributed by atoms with Crippen molar-refractivity contribution in [2.75, 3.05) is 0 Å². The molecule has 3 aromatic carbocycles. The number of rotatable bonds is 7. The van der Waals surface area contributed by atoms with Crippen LogP contribution in [0.1, 0.15) is 24.5 Å². The van der Waals surface area contributed by atoms with Crippen molar-refractivity contribution in [1.82, 2.24) is 0 Å². The molecule has 0 aromatic heterocycles. The van der Waals surface area contributed by atoms with E-state index in [1.165, 1.54) is 22.3 Å². The van der Waals surface area contributed by atoms with Crippen LogP contribution in [0.3, 0.4) is 0 Å². The SMILES string of the molecule is CC(CCc1ccccc1)OCc1ccc(-c2ccccc2)cc1. The average molecular weight is 316 g/mol. The van der Waals surface area contributed by atoms with E-state index >= 15 is 0 Å². The van der Waals surface area contributed by atoms with Gasteiger partial charge in [0, 0.05) is 0 Å². The zero-order chi connectivity index (χ0) is 16.6. The molecule has 0 saturated carbocycles. The fourth-order valence-electron chi connectivity index (χ4n) is 2.76. The highest BCUT2D eigenvalue weighted by atomic mass is 16.5. The molecule has 1 nitrogen and oxygen atoms in total. The van der Waals surface area contributed by atoms with E-state index in [1.807, 2.05) is 6.07 Å². The van der Waals surface area contributed by atoms with Crippen molar-refractivity contribution in [3.05, 3.63) is 96.1 Å². The Bertz CT molecular complexity index is 717. The van der Waals surface area contributed by atoms with Gasteiger partial charge in [0.15, 0.2) is 0 Å². The van der Waals surface area contributed by atoms with E-state index in [-0.39, 0.29) is 6.10 Å². The summed E-state index contributed by atoms with van der Waals surface area (Å²) in [6.45, 7) is 2.83. The molecule has 3 rings (SSSR count). The highest BCUT2D eigenvalue weighted by molar-refractivity contribution is 5.63. The standard InChI is InChI=1S/C23H24O/c1-19(12-13-20-8-4-2-5-9-20)24-18-21-14-16-23(17-15-21)22-10-6-3-7-11-22/h2-11,14-17,19H,12-13,18H2,1H3. The fourth-order valence-corrected chi connectivity index (χ4v) is 2.76. The number of hydrogen-bond donors (Lipinski definition) is 0. The molecule has 0 aliphatic rings. The predicted molar refractivity (Wildman–Crippen MR) is 101 cm³/mol. The summed E-state index contributed by atoms with van der Waals surface area (Å²) in [4.78, 5) is 0. The molecule has 122 valence electrons. The van der Waals surface area contributed by atoms with Gasteiger partial charge in [-0.1, -0.05) is 84.9 Å². The minimum atomic E-state index is 0.263. The van der Waals surface area contributed by atoms with Gasteiger partial charge in [-0.25, -0.2) is 0 Å². The van der Waals surface area contributed by atoms with Crippen molar-refractivity contribution >= 4 is 0 Å². The lowest BCUT2D eigenvalue weighted by atomic mass is 10.0. The normalized spacial score (nSPS) is 12.0. The summed E-state index contributed by atoms with van der Waals surface area (Å²) in [7, 11) is 0. The van der Waals surface area contributed by atoms with Crippen LogP contribution in [0.2, 0.25) is 0 Å². The topological polar surface area (TPSA) is 9.23 Å². The van der Waals surface area contributed by atoms with Crippen LogP contribution in [0.4, 0.5) is 0 Å². The maximum atomic E-state index is 6.00. The molecule has 0 heterocycles. The Morgan fingerprint density at radius 3 is 1.92 bits per heavy atom. The van der Waals surface area contributed by atoms with Gasteiger partial charge in [0.05, 0.1) is 12.7 Å². The van der Waals surface area contributed by atoms with E-state index in [1.54, 1.807) is 0 Å². The molecule has 0 spiro atoms. The number of ether oxygens (including phenoxy) is 1. The third-order valence-electron chi connectivity index (χ3n) is 4.28. The Hall–Kier alpha value is -2.38. The molecule has 0 radical (unpaired) electrons. The van der Waals surface area contributed by atoms with Crippen LogP contribution in [0.15, 0.2) is 84.9 Å². The van der Waals surface area contributed by atoms with Crippen LogP contribution >= 0.6 is 0 Å². The van der Waals surface area contributed by atoms with Crippen molar-refractivity contribution in [3.63, 3.8) is 0 Å². The van der Waals surface area contributed by atoms with Crippen LogP contribution in [0, 0.1) is 0 Å². The van der Waals surface area contributed by atoms with E-state index in [0.717, 1.165) is 12.8 Å². The van der Waals surface area contributed by atoms with Crippen molar-refractivity contribution < 1.29 is 4.74 Å². The highest BCUT2D eigenvalue weighted by Crippen LogP contribution is 2.20. The molecular formula is C23H24O. The largest absolute Gasteiger partial charge is 0.374 e. The second-order valence-electron chi connectivity index (χ2n) is 6.21. The molecule has 0 aliphatic carbocycles. The van der Waals surface area contributed by atoms with Crippen LogP contribution in [0.25, 0.3) is 11.1 Å². The third kappa shape index (κ3) is 4.81. The molecule has 0 fully saturated rings. The summed E-state index contributed by atoms with van der Waals surface area (Å²) in [5.74, 6) is 0.